The summed E-state index contributed by atoms with van der Waals surface area (Å²) in [5.41, 5.74) is 2.73. The number of hydrogen-bond acceptors (Lipinski definition) is 3. The summed E-state index contributed by atoms with van der Waals surface area (Å²) in [6.45, 7) is 0. The fourth-order valence-corrected chi connectivity index (χ4v) is 2.58. The first-order valence-electron chi connectivity index (χ1n) is 6.26. The zero-order valence-corrected chi connectivity index (χ0v) is 11.3. The fourth-order valence-electron chi connectivity index (χ4n) is 2.41. The predicted octanol–water partition coefficient (Wildman–Crippen LogP) is 3.61. The van der Waals surface area contributed by atoms with E-state index in [1.54, 1.807) is 4.52 Å². The molecule has 5 heteroatoms. The molecule has 0 fully saturated rings. The van der Waals surface area contributed by atoms with Crippen LogP contribution in [0.1, 0.15) is 0 Å². The molecule has 2 aromatic carbocycles. The zero-order valence-electron chi connectivity index (χ0n) is 10.4. The molecule has 0 radical (unpaired) electrons. The number of fused-ring (bicyclic) bond motifs is 3. The molecule has 4 aromatic rings. The van der Waals surface area contributed by atoms with Crippen molar-refractivity contribution in [2.24, 2.45) is 0 Å². The largest absolute Gasteiger partial charge is 0.250 e. The van der Waals surface area contributed by atoms with Gasteiger partial charge in [0.25, 0.3) is 0 Å². The van der Waals surface area contributed by atoms with Crippen LogP contribution >= 0.6 is 12.2 Å². The van der Waals surface area contributed by atoms with Crippen molar-refractivity contribution in [3.8, 4) is 11.3 Å². The van der Waals surface area contributed by atoms with Crippen molar-refractivity contribution in [1.29, 1.82) is 0 Å². The second-order valence-corrected chi connectivity index (χ2v) is 4.91. The van der Waals surface area contributed by atoms with Gasteiger partial charge in [-0.15, -0.1) is 0 Å². The average Bonchev–Trinajstić information content (AvgIpc) is 2.89. The molecule has 2 heterocycles. The molecule has 0 aliphatic rings. The topological polar surface area (TPSA) is 46.0 Å². The van der Waals surface area contributed by atoms with Gasteiger partial charge in [0.1, 0.15) is 0 Å². The summed E-state index contributed by atoms with van der Waals surface area (Å²) < 4.78 is 2.18. The van der Waals surface area contributed by atoms with Crippen LogP contribution in [0.4, 0.5) is 0 Å². The van der Waals surface area contributed by atoms with Crippen LogP contribution in [0.2, 0.25) is 0 Å². The summed E-state index contributed by atoms with van der Waals surface area (Å²) in [5, 5.41) is 13.8. The van der Waals surface area contributed by atoms with Crippen LogP contribution in [0, 0.1) is 4.77 Å². The third-order valence-electron chi connectivity index (χ3n) is 3.32. The van der Waals surface area contributed by atoms with Gasteiger partial charge in [0.05, 0.1) is 5.69 Å². The molecule has 4 rings (SSSR count). The molecular formula is C15H10N4S. The summed E-state index contributed by atoms with van der Waals surface area (Å²) in [5.74, 6) is 0. The van der Waals surface area contributed by atoms with Crippen molar-refractivity contribution >= 4 is 28.6 Å². The minimum atomic E-state index is 0.503. The highest BCUT2D eigenvalue weighted by atomic mass is 32.1. The van der Waals surface area contributed by atoms with Crippen molar-refractivity contribution in [2.75, 3.05) is 0 Å². The lowest BCUT2D eigenvalue weighted by Crippen LogP contribution is -1.97. The van der Waals surface area contributed by atoms with E-state index in [-0.39, 0.29) is 0 Å². The van der Waals surface area contributed by atoms with Gasteiger partial charge in [0.2, 0.25) is 4.77 Å². The Hall–Kier alpha value is -2.53. The van der Waals surface area contributed by atoms with E-state index in [2.05, 4.69) is 21.4 Å². The lowest BCUT2D eigenvalue weighted by Gasteiger charge is -2.06. The van der Waals surface area contributed by atoms with E-state index in [0.29, 0.717) is 4.77 Å². The molecule has 0 unspecified atom stereocenters. The van der Waals surface area contributed by atoms with E-state index >= 15 is 0 Å². The molecular weight excluding hydrogens is 268 g/mol. The van der Waals surface area contributed by atoms with Gasteiger partial charge in [0, 0.05) is 16.3 Å². The first-order chi connectivity index (χ1) is 9.84. The number of benzene rings is 2. The second-order valence-electron chi connectivity index (χ2n) is 4.52. The third-order valence-corrected chi connectivity index (χ3v) is 3.58. The SMILES string of the molecule is S=c1[nH]nc2c3ccccc3c(-c3ccccc3)nn12. The first-order valence-corrected chi connectivity index (χ1v) is 6.67. The van der Waals surface area contributed by atoms with Crippen LogP contribution in [0.15, 0.2) is 54.6 Å². The lowest BCUT2D eigenvalue weighted by molar-refractivity contribution is 0.923. The lowest BCUT2D eigenvalue weighted by atomic mass is 10.1. The van der Waals surface area contributed by atoms with Crippen molar-refractivity contribution in [3.05, 3.63) is 59.4 Å². The van der Waals surface area contributed by atoms with Gasteiger partial charge < -0.3 is 0 Å². The number of aromatic amines is 1. The van der Waals surface area contributed by atoms with E-state index in [1.165, 1.54) is 0 Å². The molecule has 2 aromatic heterocycles. The summed E-state index contributed by atoms with van der Waals surface area (Å²) in [7, 11) is 0. The monoisotopic (exact) mass is 278 g/mol. The van der Waals surface area contributed by atoms with Crippen LogP contribution < -0.4 is 0 Å². The molecule has 96 valence electrons. The van der Waals surface area contributed by atoms with E-state index in [9.17, 15) is 0 Å². The summed E-state index contributed by atoms with van der Waals surface area (Å²) in [6.07, 6.45) is 0. The Bertz CT molecular complexity index is 969. The molecule has 0 aliphatic heterocycles. The van der Waals surface area contributed by atoms with Crippen molar-refractivity contribution in [2.45, 2.75) is 0 Å². The molecule has 0 amide bonds. The normalized spacial score (nSPS) is 11.2. The van der Waals surface area contributed by atoms with Crippen LogP contribution in [0.25, 0.3) is 27.7 Å². The van der Waals surface area contributed by atoms with Gasteiger partial charge in [-0.2, -0.15) is 14.7 Å². The fraction of sp³-hybridized carbons (Fsp3) is 0. The highest BCUT2D eigenvalue weighted by Gasteiger charge is 2.11. The number of nitrogens with one attached hydrogen (secondary N) is 1. The van der Waals surface area contributed by atoms with Crippen molar-refractivity contribution < 1.29 is 0 Å². The molecule has 0 saturated carbocycles. The van der Waals surface area contributed by atoms with E-state index < -0.39 is 0 Å². The van der Waals surface area contributed by atoms with Crippen LogP contribution in [-0.2, 0) is 0 Å². The number of H-pyrrole nitrogens is 1. The quantitative estimate of drug-likeness (QED) is 0.541. The zero-order chi connectivity index (χ0) is 13.5. The third kappa shape index (κ3) is 1.57. The Balaban J connectivity index is 2.23. The number of hydrogen-bond donors (Lipinski definition) is 1. The second kappa shape index (κ2) is 4.25. The van der Waals surface area contributed by atoms with E-state index in [4.69, 9.17) is 12.2 Å². The molecule has 0 aliphatic carbocycles. The first kappa shape index (κ1) is 11.3. The van der Waals surface area contributed by atoms with Crippen LogP contribution in [-0.4, -0.2) is 19.8 Å². The molecule has 0 atom stereocenters. The predicted molar refractivity (Wildman–Crippen MR) is 81.1 cm³/mol. The van der Waals surface area contributed by atoms with Gasteiger partial charge in [-0.05, 0) is 12.2 Å². The Kier molecular flexibility index (Phi) is 2.40. The average molecular weight is 278 g/mol. The minimum Gasteiger partial charge on any atom is -0.250 e. The minimum absolute atomic E-state index is 0.503. The molecule has 4 nitrogen and oxygen atoms in total. The Morgan fingerprint density at radius 1 is 0.900 bits per heavy atom. The van der Waals surface area contributed by atoms with Gasteiger partial charge in [-0.3, -0.25) is 0 Å². The highest BCUT2D eigenvalue weighted by Crippen LogP contribution is 2.28. The molecule has 0 saturated heterocycles. The Morgan fingerprint density at radius 3 is 2.40 bits per heavy atom. The standard InChI is InChI=1S/C15H10N4S/c20-15-17-16-14-12-9-5-4-8-11(12)13(18-19(14)15)10-6-2-1-3-7-10/h1-9H,(H,17,20). The smallest absolute Gasteiger partial charge is 0.216 e. The number of aromatic nitrogens is 4. The molecule has 0 spiro atoms. The van der Waals surface area contributed by atoms with Crippen LogP contribution in [0.3, 0.4) is 0 Å². The molecule has 20 heavy (non-hydrogen) atoms. The Labute approximate surface area is 119 Å². The Morgan fingerprint density at radius 2 is 1.60 bits per heavy atom. The summed E-state index contributed by atoms with van der Waals surface area (Å²) in [4.78, 5) is 0. The van der Waals surface area contributed by atoms with Gasteiger partial charge >= 0.3 is 0 Å². The van der Waals surface area contributed by atoms with E-state index in [0.717, 1.165) is 27.7 Å². The van der Waals surface area contributed by atoms with E-state index in [1.807, 2.05) is 48.5 Å². The van der Waals surface area contributed by atoms with Crippen molar-refractivity contribution in [1.82, 2.24) is 19.8 Å². The van der Waals surface area contributed by atoms with Crippen LogP contribution in [0.5, 0.6) is 0 Å². The molecule has 1 N–H and O–H groups in total. The van der Waals surface area contributed by atoms with Gasteiger partial charge in [-0.25, -0.2) is 5.10 Å². The maximum Gasteiger partial charge on any atom is 0.216 e. The number of rotatable bonds is 1. The maximum absolute atomic E-state index is 5.24. The summed E-state index contributed by atoms with van der Waals surface area (Å²) in [6, 6.07) is 18.2. The number of nitrogens with zero attached hydrogens (tertiary/aromatic N) is 3. The molecule has 0 bridgehead atoms. The maximum atomic E-state index is 5.24. The highest BCUT2D eigenvalue weighted by molar-refractivity contribution is 7.71. The van der Waals surface area contributed by atoms with Crippen molar-refractivity contribution in [3.63, 3.8) is 0 Å². The van der Waals surface area contributed by atoms with Gasteiger partial charge in [0.15, 0.2) is 5.65 Å². The summed E-state index contributed by atoms with van der Waals surface area (Å²) >= 11 is 5.24. The van der Waals surface area contributed by atoms with Gasteiger partial charge in [-0.1, -0.05) is 54.6 Å².